The first-order valence-electron chi connectivity index (χ1n) is 7.81. The van der Waals surface area contributed by atoms with Gasteiger partial charge in [-0.2, -0.15) is 0 Å². The van der Waals surface area contributed by atoms with Gasteiger partial charge in [-0.3, -0.25) is 0 Å². The Kier molecular flexibility index (Phi) is 12.7. The Balaban J connectivity index is 3.10. The lowest BCUT2D eigenvalue weighted by Gasteiger charge is -2.03. The summed E-state index contributed by atoms with van der Waals surface area (Å²) in [5.74, 6) is 0. The van der Waals surface area contributed by atoms with E-state index in [1.807, 2.05) is 12.2 Å². The van der Waals surface area contributed by atoms with E-state index in [0.717, 1.165) is 12.8 Å². The van der Waals surface area contributed by atoms with Crippen LogP contribution in [0.15, 0.2) is 49.6 Å². The fraction of sp³-hybridized carbons (Fsp3) is 0.579. The lowest BCUT2D eigenvalue weighted by atomic mass is 10.0. The Labute approximate surface area is 121 Å². The summed E-state index contributed by atoms with van der Waals surface area (Å²) < 4.78 is 0. The molecule has 0 aromatic carbocycles. The molecule has 0 aliphatic carbocycles. The third-order valence-corrected chi connectivity index (χ3v) is 3.57. The standard InChI is InChI=1S/C19H32/c1-5-18(3)16-14-12-10-8-7-9-11-13-15-17-19(4)6-2/h5-6H,1-4,7-17H2. The second kappa shape index (κ2) is 13.4. The molecule has 0 heterocycles. The van der Waals surface area contributed by atoms with Gasteiger partial charge in [0, 0.05) is 0 Å². The zero-order valence-corrected chi connectivity index (χ0v) is 12.8. The van der Waals surface area contributed by atoms with E-state index in [1.165, 1.54) is 68.9 Å². The molecule has 108 valence electrons. The van der Waals surface area contributed by atoms with Gasteiger partial charge in [0.1, 0.15) is 0 Å². The summed E-state index contributed by atoms with van der Waals surface area (Å²) in [5, 5.41) is 0. The predicted molar refractivity (Wildman–Crippen MR) is 89.5 cm³/mol. The van der Waals surface area contributed by atoms with Crippen molar-refractivity contribution in [1.82, 2.24) is 0 Å². The van der Waals surface area contributed by atoms with E-state index < -0.39 is 0 Å². The van der Waals surface area contributed by atoms with Crippen molar-refractivity contribution >= 4 is 0 Å². The molecule has 0 saturated carbocycles. The molecule has 0 atom stereocenters. The lowest BCUT2D eigenvalue weighted by molar-refractivity contribution is 0.559. The van der Waals surface area contributed by atoms with Crippen LogP contribution < -0.4 is 0 Å². The molecule has 0 unspecified atom stereocenters. The highest BCUT2D eigenvalue weighted by Gasteiger charge is 1.94. The van der Waals surface area contributed by atoms with Crippen molar-refractivity contribution in [2.24, 2.45) is 0 Å². The molecule has 19 heavy (non-hydrogen) atoms. The molecule has 0 rings (SSSR count). The van der Waals surface area contributed by atoms with Crippen LogP contribution in [0.4, 0.5) is 0 Å². The zero-order valence-electron chi connectivity index (χ0n) is 12.8. The molecule has 0 fully saturated rings. The number of rotatable bonds is 14. The van der Waals surface area contributed by atoms with Crippen molar-refractivity contribution in [2.75, 3.05) is 0 Å². The van der Waals surface area contributed by atoms with E-state index >= 15 is 0 Å². The third-order valence-electron chi connectivity index (χ3n) is 3.57. The smallest absolute Gasteiger partial charge is 0.0285 e. The van der Waals surface area contributed by atoms with Gasteiger partial charge < -0.3 is 0 Å². The first-order chi connectivity index (χ1) is 9.20. The van der Waals surface area contributed by atoms with Crippen molar-refractivity contribution in [1.29, 1.82) is 0 Å². The Bertz CT molecular complexity index is 242. The number of allylic oxidation sites excluding steroid dienone is 4. The van der Waals surface area contributed by atoms with E-state index in [2.05, 4.69) is 26.3 Å². The van der Waals surface area contributed by atoms with Crippen LogP contribution in [0.1, 0.15) is 70.6 Å². The summed E-state index contributed by atoms with van der Waals surface area (Å²) in [7, 11) is 0. The predicted octanol–water partition coefficient (Wildman–Crippen LogP) is 6.76. The molecule has 0 nitrogen and oxygen atoms in total. The summed E-state index contributed by atoms with van der Waals surface area (Å²) in [6.45, 7) is 15.3. The maximum absolute atomic E-state index is 3.94. The molecular weight excluding hydrogens is 228 g/mol. The lowest BCUT2D eigenvalue weighted by Crippen LogP contribution is -1.83. The van der Waals surface area contributed by atoms with Crippen LogP contribution in [0, 0.1) is 0 Å². The monoisotopic (exact) mass is 260 g/mol. The Morgan fingerprint density at radius 3 is 1.05 bits per heavy atom. The van der Waals surface area contributed by atoms with Crippen molar-refractivity contribution in [3.63, 3.8) is 0 Å². The molecule has 0 amide bonds. The first-order valence-corrected chi connectivity index (χ1v) is 7.81. The van der Waals surface area contributed by atoms with Gasteiger partial charge in [0.2, 0.25) is 0 Å². The number of unbranched alkanes of at least 4 members (excludes halogenated alkanes) is 8. The molecular formula is C19H32. The van der Waals surface area contributed by atoms with Crippen LogP contribution in [0.25, 0.3) is 0 Å². The Morgan fingerprint density at radius 2 is 0.789 bits per heavy atom. The molecule has 0 bridgehead atoms. The van der Waals surface area contributed by atoms with E-state index in [0.29, 0.717) is 0 Å². The highest BCUT2D eigenvalue weighted by molar-refractivity contribution is 5.10. The van der Waals surface area contributed by atoms with Crippen molar-refractivity contribution in [3.05, 3.63) is 49.6 Å². The summed E-state index contributed by atoms with van der Waals surface area (Å²) >= 11 is 0. The first kappa shape index (κ1) is 18.0. The Hall–Kier alpha value is -1.04. The van der Waals surface area contributed by atoms with Gasteiger partial charge in [0.15, 0.2) is 0 Å². The highest BCUT2D eigenvalue weighted by Crippen LogP contribution is 2.14. The van der Waals surface area contributed by atoms with Gasteiger partial charge in [-0.15, -0.1) is 0 Å². The van der Waals surface area contributed by atoms with Crippen LogP contribution in [-0.2, 0) is 0 Å². The average Bonchev–Trinajstić information content (AvgIpc) is 2.43. The molecule has 0 saturated heterocycles. The maximum atomic E-state index is 3.94. The van der Waals surface area contributed by atoms with E-state index in [-0.39, 0.29) is 0 Å². The summed E-state index contributed by atoms with van der Waals surface area (Å²) in [6.07, 6.45) is 18.1. The van der Waals surface area contributed by atoms with Crippen molar-refractivity contribution in [3.8, 4) is 0 Å². The zero-order chi connectivity index (χ0) is 14.3. The van der Waals surface area contributed by atoms with Crippen LogP contribution in [-0.4, -0.2) is 0 Å². The summed E-state index contributed by atoms with van der Waals surface area (Å²) in [5.41, 5.74) is 2.36. The van der Waals surface area contributed by atoms with Gasteiger partial charge >= 0.3 is 0 Å². The second-order valence-electron chi connectivity index (χ2n) is 5.41. The highest BCUT2D eigenvalue weighted by atomic mass is 14.0. The Morgan fingerprint density at radius 1 is 0.526 bits per heavy atom. The van der Waals surface area contributed by atoms with Crippen LogP contribution in [0.2, 0.25) is 0 Å². The average molecular weight is 260 g/mol. The normalized spacial score (nSPS) is 10.1. The molecule has 0 spiro atoms. The number of hydrogen-bond acceptors (Lipinski definition) is 0. The molecule has 0 aromatic rings. The van der Waals surface area contributed by atoms with Crippen LogP contribution >= 0.6 is 0 Å². The van der Waals surface area contributed by atoms with Crippen LogP contribution in [0.5, 0.6) is 0 Å². The van der Waals surface area contributed by atoms with E-state index in [1.54, 1.807) is 0 Å². The minimum Gasteiger partial charge on any atom is -0.0988 e. The molecule has 0 heteroatoms. The van der Waals surface area contributed by atoms with Gasteiger partial charge in [-0.05, 0) is 25.7 Å². The topological polar surface area (TPSA) is 0 Å². The van der Waals surface area contributed by atoms with Gasteiger partial charge in [0.25, 0.3) is 0 Å². The minimum absolute atomic E-state index is 1.12. The quantitative estimate of drug-likeness (QED) is 0.239. The molecule has 0 aliphatic rings. The van der Waals surface area contributed by atoms with Gasteiger partial charge in [-0.1, -0.05) is 94.6 Å². The summed E-state index contributed by atoms with van der Waals surface area (Å²) in [6, 6.07) is 0. The number of hydrogen-bond donors (Lipinski definition) is 0. The molecule has 0 N–H and O–H groups in total. The largest absolute Gasteiger partial charge is 0.0988 e. The van der Waals surface area contributed by atoms with Gasteiger partial charge in [0.05, 0.1) is 0 Å². The van der Waals surface area contributed by atoms with Gasteiger partial charge in [-0.25, -0.2) is 0 Å². The molecule has 0 radical (unpaired) electrons. The fourth-order valence-corrected chi connectivity index (χ4v) is 2.15. The minimum atomic E-state index is 1.12. The van der Waals surface area contributed by atoms with E-state index in [4.69, 9.17) is 0 Å². The third kappa shape index (κ3) is 13.2. The van der Waals surface area contributed by atoms with E-state index in [9.17, 15) is 0 Å². The molecule has 0 aromatic heterocycles. The SMILES string of the molecule is C=CC(=C)CCCCCCCCCCCC(=C)C=C. The second-order valence-corrected chi connectivity index (χ2v) is 5.41. The molecule has 0 aliphatic heterocycles. The van der Waals surface area contributed by atoms with Crippen LogP contribution in [0.3, 0.4) is 0 Å². The van der Waals surface area contributed by atoms with Crippen molar-refractivity contribution < 1.29 is 0 Å². The van der Waals surface area contributed by atoms with Crippen molar-refractivity contribution in [2.45, 2.75) is 70.6 Å². The summed E-state index contributed by atoms with van der Waals surface area (Å²) in [4.78, 5) is 0. The maximum Gasteiger partial charge on any atom is -0.0285 e. The fourth-order valence-electron chi connectivity index (χ4n) is 2.15.